The standard InChI is InChI=1S/C17H14F3NO4/c1-10(11-2-5-13(6-3-11)25-17(18,19)20)21-16(22)12-4-7-14-15(8-12)24-9-23-14/h2-8,10H,9H2,1H3,(H,21,22)/t10-/m0/s1. The van der Waals surface area contributed by atoms with Crippen LogP contribution in [0.4, 0.5) is 13.2 Å². The molecule has 2 aromatic rings. The van der Waals surface area contributed by atoms with Crippen molar-refractivity contribution in [3.05, 3.63) is 53.6 Å². The quantitative estimate of drug-likeness (QED) is 0.908. The summed E-state index contributed by atoms with van der Waals surface area (Å²) < 4.78 is 50.7. The Kier molecular flexibility index (Phi) is 4.43. The van der Waals surface area contributed by atoms with E-state index in [-0.39, 0.29) is 18.4 Å². The molecule has 1 N–H and O–H groups in total. The van der Waals surface area contributed by atoms with Crippen molar-refractivity contribution in [3.8, 4) is 17.2 Å². The fourth-order valence-corrected chi connectivity index (χ4v) is 2.36. The molecule has 2 aromatic carbocycles. The molecule has 0 aliphatic carbocycles. The number of carbonyl (C=O) groups is 1. The Hall–Kier alpha value is -2.90. The molecule has 25 heavy (non-hydrogen) atoms. The number of nitrogens with one attached hydrogen (secondary N) is 1. The van der Waals surface area contributed by atoms with Crippen molar-refractivity contribution in [1.82, 2.24) is 5.32 Å². The van der Waals surface area contributed by atoms with Gasteiger partial charge in [0.15, 0.2) is 11.5 Å². The molecule has 0 aromatic heterocycles. The SMILES string of the molecule is C[C@H](NC(=O)c1ccc2c(c1)OCO2)c1ccc(OC(F)(F)F)cc1. The molecule has 0 bridgehead atoms. The molecular formula is C17H14F3NO4. The topological polar surface area (TPSA) is 56.8 Å². The maximum Gasteiger partial charge on any atom is 0.573 e. The summed E-state index contributed by atoms with van der Waals surface area (Å²) in [4.78, 5) is 12.3. The van der Waals surface area contributed by atoms with Gasteiger partial charge in [0.05, 0.1) is 6.04 Å². The third kappa shape index (κ3) is 4.14. The highest BCUT2D eigenvalue weighted by Crippen LogP contribution is 2.32. The van der Waals surface area contributed by atoms with Crippen LogP contribution in [-0.4, -0.2) is 19.1 Å². The summed E-state index contributed by atoms with van der Waals surface area (Å²) in [6.45, 7) is 1.84. The molecule has 1 aliphatic rings. The lowest BCUT2D eigenvalue weighted by Crippen LogP contribution is -2.26. The number of benzene rings is 2. The van der Waals surface area contributed by atoms with E-state index in [0.717, 1.165) is 0 Å². The minimum atomic E-state index is -4.74. The second kappa shape index (κ2) is 6.54. The zero-order chi connectivity index (χ0) is 18.0. The van der Waals surface area contributed by atoms with E-state index < -0.39 is 12.4 Å². The minimum Gasteiger partial charge on any atom is -0.454 e. The van der Waals surface area contributed by atoms with Gasteiger partial charge in [-0.2, -0.15) is 0 Å². The molecule has 1 atom stereocenters. The molecule has 1 amide bonds. The van der Waals surface area contributed by atoms with Gasteiger partial charge in [0.1, 0.15) is 5.75 Å². The van der Waals surface area contributed by atoms with Gasteiger partial charge in [-0.3, -0.25) is 4.79 Å². The first kappa shape index (κ1) is 16.9. The highest BCUT2D eigenvalue weighted by atomic mass is 19.4. The summed E-state index contributed by atoms with van der Waals surface area (Å²) >= 11 is 0. The highest BCUT2D eigenvalue weighted by molar-refractivity contribution is 5.95. The number of hydrogen-bond acceptors (Lipinski definition) is 4. The number of halogens is 3. The van der Waals surface area contributed by atoms with Gasteiger partial charge in [0.2, 0.25) is 6.79 Å². The van der Waals surface area contributed by atoms with Crippen molar-refractivity contribution in [2.75, 3.05) is 6.79 Å². The van der Waals surface area contributed by atoms with E-state index in [0.29, 0.717) is 22.6 Å². The fraction of sp³-hybridized carbons (Fsp3) is 0.235. The fourth-order valence-electron chi connectivity index (χ4n) is 2.36. The van der Waals surface area contributed by atoms with Crippen LogP contribution in [0.15, 0.2) is 42.5 Å². The van der Waals surface area contributed by atoms with Crippen LogP contribution < -0.4 is 19.5 Å². The Morgan fingerprint density at radius 1 is 1.12 bits per heavy atom. The van der Waals surface area contributed by atoms with Crippen molar-refractivity contribution in [1.29, 1.82) is 0 Å². The molecule has 8 heteroatoms. The second-order valence-electron chi connectivity index (χ2n) is 5.38. The number of rotatable bonds is 4. The van der Waals surface area contributed by atoms with Crippen LogP contribution in [0, 0.1) is 0 Å². The van der Waals surface area contributed by atoms with E-state index in [9.17, 15) is 18.0 Å². The summed E-state index contributed by atoms with van der Waals surface area (Å²) in [5.74, 6) is 0.422. The number of carbonyl (C=O) groups excluding carboxylic acids is 1. The van der Waals surface area contributed by atoms with Crippen LogP contribution in [0.25, 0.3) is 0 Å². The van der Waals surface area contributed by atoms with Gasteiger partial charge >= 0.3 is 6.36 Å². The molecule has 0 spiro atoms. The van der Waals surface area contributed by atoms with Gasteiger partial charge in [-0.05, 0) is 42.8 Å². The molecule has 1 heterocycles. The van der Waals surface area contributed by atoms with Crippen molar-refractivity contribution >= 4 is 5.91 Å². The van der Waals surface area contributed by atoms with E-state index in [4.69, 9.17) is 9.47 Å². The Balaban J connectivity index is 1.65. The van der Waals surface area contributed by atoms with Gasteiger partial charge < -0.3 is 19.5 Å². The monoisotopic (exact) mass is 353 g/mol. The van der Waals surface area contributed by atoms with Gasteiger partial charge in [-0.15, -0.1) is 13.2 Å². The number of fused-ring (bicyclic) bond motifs is 1. The number of ether oxygens (including phenoxy) is 3. The van der Waals surface area contributed by atoms with Gasteiger partial charge in [0, 0.05) is 5.56 Å². The molecule has 0 radical (unpaired) electrons. The summed E-state index contributed by atoms with van der Waals surface area (Å²) in [6.07, 6.45) is -4.74. The van der Waals surface area contributed by atoms with Crippen LogP contribution >= 0.6 is 0 Å². The smallest absolute Gasteiger partial charge is 0.454 e. The first-order chi connectivity index (χ1) is 11.8. The van der Waals surface area contributed by atoms with Crippen molar-refractivity contribution in [3.63, 3.8) is 0 Å². The normalized spacial score (nSPS) is 14.1. The summed E-state index contributed by atoms with van der Waals surface area (Å²) in [5, 5.41) is 2.77. The number of alkyl halides is 3. The van der Waals surface area contributed by atoms with Gasteiger partial charge in [-0.25, -0.2) is 0 Å². The minimum absolute atomic E-state index is 0.114. The highest BCUT2D eigenvalue weighted by Gasteiger charge is 2.31. The maximum atomic E-state index is 12.3. The van der Waals surface area contributed by atoms with Crippen molar-refractivity contribution in [2.24, 2.45) is 0 Å². The lowest BCUT2D eigenvalue weighted by atomic mass is 10.1. The van der Waals surface area contributed by atoms with Crippen LogP contribution in [0.5, 0.6) is 17.2 Å². The average Bonchev–Trinajstić information content (AvgIpc) is 3.01. The summed E-state index contributed by atoms with van der Waals surface area (Å²) in [6, 6.07) is 9.75. The molecule has 0 unspecified atom stereocenters. The summed E-state index contributed by atoms with van der Waals surface area (Å²) in [5.41, 5.74) is 1.04. The molecule has 1 aliphatic heterocycles. The molecule has 0 saturated carbocycles. The Morgan fingerprint density at radius 2 is 1.80 bits per heavy atom. The molecule has 3 rings (SSSR count). The zero-order valence-corrected chi connectivity index (χ0v) is 13.1. The van der Waals surface area contributed by atoms with Crippen molar-refractivity contribution in [2.45, 2.75) is 19.3 Å². The first-order valence-electron chi connectivity index (χ1n) is 7.38. The Bertz CT molecular complexity index is 774. The van der Waals surface area contributed by atoms with Crippen LogP contribution in [0.1, 0.15) is 28.9 Å². The van der Waals surface area contributed by atoms with Crippen LogP contribution in [-0.2, 0) is 0 Å². The third-order valence-electron chi connectivity index (χ3n) is 3.60. The van der Waals surface area contributed by atoms with E-state index in [2.05, 4.69) is 10.1 Å². The molecule has 0 saturated heterocycles. The third-order valence-corrected chi connectivity index (χ3v) is 3.60. The molecular weight excluding hydrogens is 339 g/mol. The van der Waals surface area contributed by atoms with E-state index >= 15 is 0 Å². The lowest BCUT2D eigenvalue weighted by molar-refractivity contribution is -0.274. The maximum absolute atomic E-state index is 12.3. The molecule has 5 nitrogen and oxygen atoms in total. The number of amides is 1. The van der Waals surface area contributed by atoms with E-state index in [1.54, 1.807) is 25.1 Å². The zero-order valence-electron chi connectivity index (χ0n) is 13.1. The van der Waals surface area contributed by atoms with E-state index in [1.165, 1.54) is 24.3 Å². The average molecular weight is 353 g/mol. The number of hydrogen-bond donors (Lipinski definition) is 1. The Morgan fingerprint density at radius 3 is 2.48 bits per heavy atom. The van der Waals surface area contributed by atoms with E-state index in [1.807, 2.05) is 0 Å². The predicted molar refractivity (Wildman–Crippen MR) is 81.6 cm³/mol. The lowest BCUT2D eigenvalue weighted by Gasteiger charge is -2.15. The second-order valence-corrected chi connectivity index (χ2v) is 5.38. The largest absolute Gasteiger partial charge is 0.573 e. The Labute approximate surface area is 141 Å². The van der Waals surface area contributed by atoms with Crippen molar-refractivity contribution < 1.29 is 32.2 Å². The van der Waals surface area contributed by atoms with Crippen LogP contribution in [0.2, 0.25) is 0 Å². The molecule has 132 valence electrons. The molecule has 0 fully saturated rings. The van der Waals surface area contributed by atoms with Crippen LogP contribution in [0.3, 0.4) is 0 Å². The van der Waals surface area contributed by atoms with Gasteiger partial charge in [0.25, 0.3) is 5.91 Å². The van der Waals surface area contributed by atoms with Gasteiger partial charge in [-0.1, -0.05) is 12.1 Å². The first-order valence-corrected chi connectivity index (χ1v) is 7.38. The summed E-state index contributed by atoms with van der Waals surface area (Å²) in [7, 11) is 0. The predicted octanol–water partition coefficient (Wildman–Crippen LogP) is 3.80.